The highest BCUT2D eigenvalue weighted by Crippen LogP contribution is 2.62. The number of amides is 4. The van der Waals surface area contributed by atoms with Gasteiger partial charge >= 0.3 is 6.03 Å². The van der Waals surface area contributed by atoms with Crippen LogP contribution in [0.2, 0.25) is 0 Å². The van der Waals surface area contributed by atoms with E-state index in [-0.39, 0.29) is 17.8 Å². The number of anilines is 1. The van der Waals surface area contributed by atoms with Crippen LogP contribution in [0.15, 0.2) is 24.3 Å². The van der Waals surface area contributed by atoms with E-state index in [0.717, 1.165) is 36.2 Å². The number of fused-ring (bicyclic) bond motifs is 5. The molecule has 1 N–H and O–H groups in total. The predicted octanol–water partition coefficient (Wildman–Crippen LogP) is 3.63. The molecule has 2 saturated carbocycles. The number of benzene rings is 1. The van der Waals surface area contributed by atoms with Crippen LogP contribution in [0.3, 0.4) is 0 Å². The summed E-state index contributed by atoms with van der Waals surface area (Å²) in [6, 6.07) is 7.45. The number of rotatable bonds is 3. The second kappa shape index (κ2) is 6.85. The van der Waals surface area contributed by atoms with Crippen molar-refractivity contribution in [2.24, 2.45) is 23.2 Å². The highest BCUT2D eigenvalue weighted by atomic mass is 16.2. The largest absolute Gasteiger partial charge is 0.324 e. The summed E-state index contributed by atoms with van der Waals surface area (Å²) in [6.07, 6.45) is 5.56. The van der Waals surface area contributed by atoms with Crippen molar-refractivity contribution < 1.29 is 14.4 Å². The van der Waals surface area contributed by atoms with E-state index in [9.17, 15) is 14.4 Å². The third-order valence-corrected chi connectivity index (χ3v) is 7.99. The lowest BCUT2D eigenvalue weighted by molar-refractivity contribution is -0.148. The molecule has 6 nitrogen and oxygen atoms in total. The molecule has 0 aromatic heterocycles. The first-order valence-corrected chi connectivity index (χ1v) is 10.9. The fourth-order valence-electron chi connectivity index (χ4n) is 6.35. The topological polar surface area (TPSA) is 69.7 Å². The maximum atomic E-state index is 12.8. The summed E-state index contributed by atoms with van der Waals surface area (Å²) < 4.78 is 0. The molecule has 1 aromatic rings. The Morgan fingerprint density at radius 1 is 1.14 bits per heavy atom. The summed E-state index contributed by atoms with van der Waals surface area (Å²) in [5.74, 6) is 2.06. The highest BCUT2D eigenvalue weighted by molar-refractivity contribution is 5.97. The molecule has 29 heavy (non-hydrogen) atoms. The minimum absolute atomic E-state index is 0.0193. The van der Waals surface area contributed by atoms with Gasteiger partial charge in [0.15, 0.2) is 0 Å². The number of hydrogen-bond acceptors (Lipinski definition) is 3. The molecule has 1 unspecified atom stereocenters. The van der Waals surface area contributed by atoms with Gasteiger partial charge in [0.1, 0.15) is 0 Å². The average molecular weight is 396 g/mol. The zero-order valence-corrected chi connectivity index (χ0v) is 17.0. The van der Waals surface area contributed by atoms with Crippen LogP contribution >= 0.6 is 0 Å². The number of imide groups is 1. The SMILES string of the molecule is C[C@]12CN(C(=O)Nc3ccc(CN4C(=O)CCCC4=O)cc3)CC1[C@@H]1CC[C@H]2C1. The molecule has 2 heterocycles. The number of carbonyl (C=O) groups is 3. The van der Waals surface area contributed by atoms with E-state index in [1.807, 2.05) is 29.2 Å². The van der Waals surface area contributed by atoms with Gasteiger partial charge in [0, 0.05) is 31.6 Å². The number of urea groups is 1. The molecule has 0 spiro atoms. The first-order valence-electron chi connectivity index (χ1n) is 10.9. The van der Waals surface area contributed by atoms with Crippen LogP contribution in [0.1, 0.15) is 51.0 Å². The molecule has 2 aliphatic carbocycles. The molecular weight excluding hydrogens is 366 g/mol. The summed E-state index contributed by atoms with van der Waals surface area (Å²) in [7, 11) is 0. The van der Waals surface area contributed by atoms with Gasteiger partial charge in [0.05, 0.1) is 6.54 Å². The van der Waals surface area contributed by atoms with E-state index in [1.165, 1.54) is 24.2 Å². The first kappa shape index (κ1) is 18.6. The third-order valence-electron chi connectivity index (χ3n) is 7.99. The van der Waals surface area contributed by atoms with Crippen molar-refractivity contribution in [1.82, 2.24) is 9.80 Å². The van der Waals surface area contributed by atoms with Gasteiger partial charge in [-0.1, -0.05) is 19.1 Å². The summed E-state index contributed by atoms with van der Waals surface area (Å²) in [4.78, 5) is 40.1. The van der Waals surface area contributed by atoms with Crippen molar-refractivity contribution in [2.45, 2.75) is 52.0 Å². The molecule has 4 atom stereocenters. The van der Waals surface area contributed by atoms with Gasteiger partial charge < -0.3 is 10.2 Å². The van der Waals surface area contributed by atoms with Gasteiger partial charge in [-0.15, -0.1) is 0 Å². The Kier molecular flexibility index (Phi) is 4.41. The Hall–Kier alpha value is -2.37. The molecule has 2 bridgehead atoms. The summed E-state index contributed by atoms with van der Waals surface area (Å²) in [5, 5.41) is 3.03. The van der Waals surface area contributed by atoms with Crippen molar-refractivity contribution in [1.29, 1.82) is 0 Å². The van der Waals surface area contributed by atoms with Crippen molar-refractivity contribution in [2.75, 3.05) is 18.4 Å². The molecule has 5 rings (SSSR count). The van der Waals surface area contributed by atoms with Crippen LogP contribution in [0, 0.1) is 23.2 Å². The Morgan fingerprint density at radius 2 is 1.86 bits per heavy atom. The van der Waals surface area contributed by atoms with Gasteiger partial charge in [-0.2, -0.15) is 0 Å². The Bertz CT molecular complexity index is 835. The number of piperidine rings is 1. The number of nitrogens with one attached hydrogen (secondary N) is 1. The van der Waals surface area contributed by atoms with E-state index in [0.29, 0.717) is 37.1 Å². The van der Waals surface area contributed by atoms with E-state index in [4.69, 9.17) is 0 Å². The fraction of sp³-hybridized carbons (Fsp3) is 0.609. The molecule has 2 saturated heterocycles. The molecular formula is C23H29N3O3. The summed E-state index contributed by atoms with van der Waals surface area (Å²) >= 11 is 0. The minimum atomic E-state index is -0.0966. The van der Waals surface area contributed by atoms with E-state index < -0.39 is 0 Å². The quantitative estimate of drug-likeness (QED) is 0.795. The van der Waals surface area contributed by atoms with Crippen molar-refractivity contribution >= 4 is 23.5 Å². The van der Waals surface area contributed by atoms with Crippen LogP contribution in [0.5, 0.6) is 0 Å². The monoisotopic (exact) mass is 395 g/mol. The molecule has 0 radical (unpaired) electrons. The maximum absolute atomic E-state index is 12.8. The summed E-state index contributed by atoms with van der Waals surface area (Å²) in [5.41, 5.74) is 1.95. The number of carbonyl (C=O) groups excluding carboxylic acids is 3. The van der Waals surface area contributed by atoms with Crippen LogP contribution in [0.25, 0.3) is 0 Å². The van der Waals surface area contributed by atoms with Crippen molar-refractivity contribution in [3.8, 4) is 0 Å². The number of nitrogens with zero attached hydrogens (tertiary/aromatic N) is 2. The predicted molar refractivity (Wildman–Crippen MR) is 109 cm³/mol. The average Bonchev–Trinajstić information content (AvgIpc) is 3.37. The molecule has 1 aromatic carbocycles. The molecule has 2 aliphatic heterocycles. The van der Waals surface area contributed by atoms with Crippen LogP contribution in [-0.4, -0.2) is 40.7 Å². The Balaban J connectivity index is 1.20. The first-order chi connectivity index (χ1) is 13.9. The smallest absolute Gasteiger partial charge is 0.321 e. The Labute approximate surface area is 171 Å². The number of likely N-dealkylation sites (tertiary alicyclic amines) is 2. The van der Waals surface area contributed by atoms with Crippen LogP contribution < -0.4 is 5.32 Å². The van der Waals surface area contributed by atoms with E-state index >= 15 is 0 Å². The fourth-order valence-corrected chi connectivity index (χ4v) is 6.35. The van der Waals surface area contributed by atoms with Crippen LogP contribution in [0.4, 0.5) is 10.5 Å². The lowest BCUT2D eigenvalue weighted by Crippen LogP contribution is -2.39. The van der Waals surface area contributed by atoms with Gasteiger partial charge in [0.25, 0.3) is 0 Å². The van der Waals surface area contributed by atoms with Gasteiger partial charge in [-0.25, -0.2) is 4.79 Å². The Morgan fingerprint density at radius 3 is 2.55 bits per heavy atom. The van der Waals surface area contributed by atoms with Crippen molar-refractivity contribution in [3.63, 3.8) is 0 Å². The highest BCUT2D eigenvalue weighted by Gasteiger charge is 2.59. The standard InChI is InChI=1S/C23H29N3O3/c1-23-14-25(13-19(23)16-7-8-17(23)11-16)22(29)24-18-9-5-15(6-10-18)12-26-20(27)3-2-4-21(26)28/h5-6,9-10,16-17,19H,2-4,7-8,11-14H2,1H3,(H,24,29)/t16-,17+,19?,23-/m1/s1. The number of hydrogen-bond donors (Lipinski definition) is 1. The van der Waals surface area contributed by atoms with E-state index in [2.05, 4.69) is 12.2 Å². The second-order valence-corrected chi connectivity index (χ2v) is 9.62. The molecule has 154 valence electrons. The second-order valence-electron chi connectivity index (χ2n) is 9.62. The van der Waals surface area contributed by atoms with Crippen LogP contribution in [-0.2, 0) is 16.1 Å². The maximum Gasteiger partial charge on any atom is 0.321 e. The summed E-state index contributed by atoms with van der Waals surface area (Å²) in [6.45, 7) is 4.43. The van der Waals surface area contributed by atoms with Gasteiger partial charge in [-0.05, 0) is 66.5 Å². The zero-order valence-electron chi connectivity index (χ0n) is 17.0. The minimum Gasteiger partial charge on any atom is -0.324 e. The third kappa shape index (κ3) is 3.13. The molecule has 4 amide bonds. The lowest BCUT2D eigenvalue weighted by atomic mass is 9.70. The van der Waals surface area contributed by atoms with E-state index in [1.54, 1.807) is 0 Å². The molecule has 4 fully saturated rings. The zero-order chi connectivity index (χ0) is 20.2. The van der Waals surface area contributed by atoms with Gasteiger partial charge in [0.2, 0.25) is 11.8 Å². The van der Waals surface area contributed by atoms with Gasteiger partial charge in [-0.3, -0.25) is 14.5 Å². The lowest BCUT2D eigenvalue weighted by Gasteiger charge is -2.34. The normalized spacial score (nSPS) is 33.3. The van der Waals surface area contributed by atoms with Crippen molar-refractivity contribution in [3.05, 3.63) is 29.8 Å². The molecule has 6 heteroatoms. The molecule has 4 aliphatic rings.